The molecule has 0 bridgehead atoms. The topological polar surface area (TPSA) is 17.1 Å². The third-order valence-corrected chi connectivity index (χ3v) is 1.73. The van der Waals surface area contributed by atoms with Crippen LogP contribution in [0.3, 0.4) is 0 Å². The number of rotatable bonds is 3. The Labute approximate surface area is 71.2 Å². The Hall–Kier alpha value is -1.18. The minimum absolute atomic E-state index is 0.109. The van der Waals surface area contributed by atoms with Gasteiger partial charge in [-0.05, 0) is 18.1 Å². The Balaban J connectivity index is 2.75. The van der Waals surface area contributed by atoms with Crippen LogP contribution in [0.5, 0.6) is 0 Å². The van der Waals surface area contributed by atoms with Crippen molar-refractivity contribution in [1.82, 2.24) is 0 Å². The van der Waals surface area contributed by atoms with Gasteiger partial charge in [0, 0.05) is 5.92 Å². The van der Waals surface area contributed by atoms with Gasteiger partial charge < -0.3 is 4.79 Å². The smallest absolute Gasteiger partial charge is 0.126 e. The van der Waals surface area contributed by atoms with Crippen LogP contribution in [0, 0.1) is 11.7 Å². The lowest BCUT2D eigenvalue weighted by Crippen LogP contribution is -2.02. The van der Waals surface area contributed by atoms with E-state index in [4.69, 9.17) is 0 Å². The number of halogens is 1. The van der Waals surface area contributed by atoms with E-state index < -0.39 is 0 Å². The molecule has 1 atom stereocenters. The molecule has 2 heteroatoms. The first-order valence-corrected chi connectivity index (χ1v) is 3.92. The van der Waals surface area contributed by atoms with Crippen molar-refractivity contribution in [2.45, 2.75) is 13.3 Å². The maximum absolute atomic E-state index is 13.0. The second kappa shape index (κ2) is 4.00. The predicted molar refractivity (Wildman–Crippen MR) is 45.3 cm³/mol. The van der Waals surface area contributed by atoms with E-state index in [1.165, 1.54) is 6.07 Å². The van der Waals surface area contributed by atoms with Crippen molar-refractivity contribution in [2.75, 3.05) is 0 Å². The van der Waals surface area contributed by atoms with E-state index in [2.05, 4.69) is 0 Å². The summed E-state index contributed by atoms with van der Waals surface area (Å²) in [6.07, 6.45) is 1.32. The van der Waals surface area contributed by atoms with Gasteiger partial charge in [0.1, 0.15) is 12.1 Å². The molecule has 0 aromatic heterocycles. The number of carbonyl (C=O) groups excluding carboxylic acids is 1. The SMILES string of the molecule is C[C@H](C=O)Cc1ccccc1F. The molecular weight excluding hydrogens is 155 g/mol. The largest absolute Gasteiger partial charge is 0.303 e. The first-order valence-electron chi connectivity index (χ1n) is 3.92. The molecule has 64 valence electrons. The van der Waals surface area contributed by atoms with Gasteiger partial charge in [0.15, 0.2) is 0 Å². The lowest BCUT2D eigenvalue weighted by molar-refractivity contribution is -0.110. The number of benzene rings is 1. The van der Waals surface area contributed by atoms with Gasteiger partial charge in [-0.25, -0.2) is 4.39 Å². The quantitative estimate of drug-likeness (QED) is 0.629. The molecule has 1 aromatic rings. The van der Waals surface area contributed by atoms with E-state index in [1.807, 2.05) is 0 Å². The normalized spacial score (nSPS) is 12.5. The third kappa shape index (κ3) is 2.16. The molecule has 0 fully saturated rings. The fourth-order valence-corrected chi connectivity index (χ4v) is 1.06. The molecular formula is C10H11FO. The predicted octanol–water partition coefficient (Wildman–Crippen LogP) is 2.20. The van der Waals surface area contributed by atoms with E-state index in [0.29, 0.717) is 12.0 Å². The monoisotopic (exact) mass is 166 g/mol. The van der Waals surface area contributed by atoms with Crippen LogP contribution in [0.25, 0.3) is 0 Å². The molecule has 0 saturated carbocycles. The fraction of sp³-hybridized carbons (Fsp3) is 0.300. The highest BCUT2D eigenvalue weighted by Gasteiger charge is 2.05. The van der Waals surface area contributed by atoms with E-state index in [9.17, 15) is 9.18 Å². The van der Waals surface area contributed by atoms with Crippen LogP contribution in [0.1, 0.15) is 12.5 Å². The molecule has 0 spiro atoms. The van der Waals surface area contributed by atoms with Crippen LogP contribution < -0.4 is 0 Å². The number of hydrogen-bond acceptors (Lipinski definition) is 1. The molecule has 0 aliphatic carbocycles. The summed E-state index contributed by atoms with van der Waals surface area (Å²) in [6, 6.07) is 6.53. The maximum atomic E-state index is 13.0. The zero-order valence-electron chi connectivity index (χ0n) is 6.96. The van der Waals surface area contributed by atoms with Crippen LogP contribution in [0.4, 0.5) is 4.39 Å². The van der Waals surface area contributed by atoms with Crippen molar-refractivity contribution in [3.05, 3.63) is 35.6 Å². The molecule has 1 nitrogen and oxygen atoms in total. The minimum Gasteiger partial charge on any atom is -0.303 e. The molecule has 0 unspecified atom stereocenters. The first-order chi connectivity index (χ1) is 5.74. The summed E-state index contributed by atoms with van der Waals surface area (Å²) in [5.41, 5.74) is 0.608. The zero-order chi connectivity index (χ0) is 8.97. The molecule has 0 aliphatic rings. The molecule has 1 rings (SSSR count). The number of hydrogen-bond donors (Lipinski definition) is 0. The van der Waals surface area contributed by atoms with Crippen molar-refractivity contribution in [3.63, 3.8) is 0 Å². The van der Waals surface area contributed by atoms with Gasteiger partial charge in [0.2, 0.25) is 0 Å². The summed E-state index contributed by atoms with van der Waals surface area (Å²) >= 11 is 0. The van der Waals surface area contributed by atoms with Crippen LogP contribution >= 0.6 is 0 Å². The Kier molecular flexibility index (Phi) is 2.97. The molecule has 1 aromatic carbocycles. The highest BCUT2D eigenvalue weighted by atomic mass is 19.1. The lowest BCUT2D eigenvalue weighted by Gasteiger charge is -2.03. The minimum atomic E-state index is -0.230. The average molecular weight is 166 g/mol. The highest BCUT2D eigenvalue weighted by molar-refractivity contribution is 5.53. The molecule has 12 heavy (non-hydrogen) atoms. The zero-order valence-corrected chi connectivity index (χ0v) is 6.96. The van der Waals surface area contributed by atoms with Crippen LogP contribution in [0.2, 0.25) is 0 Å². The first kappa shape index (κ1) is 8.91. The Morgan fingerprint density at radius 2 is 2.17 bits per heavy atom. The van der Waals surface area contributed by atoms with Gasteiger partial charge in [-0.3, -0.25) is 0 Å². The van der Waals surface area contributed by atoms with Gasteiger partial charge in [-0.15, -0.1) is 0 Å². The van der Waals surface area contributed by atoms with Crippen molar-refractivity contribution >= 4 is 6.29 Å². The second-order valence-corrected chi connectivity index (χ2v) is 2.91. The Morgan fingerprint density at radius 3 is 2.75 bits per heavy atom. The van der Waals surface area contributed by atoms with Crippen molar-refractivity contribution in [3.8, 4) is 0 Å². The lowest BCUT2D eigenvalue weighted by atomic mass is 10.0. The number of aldehydes is 1. The maximum Gasteiger partial charge on any atom is 0.126 e. The summed E-state index contributed by atoms with van der Waals surface area (Å²) in [7, 11) is 0. The van der Waals surface area contributed by atoms with Gasteiger partial charge >= 0.3 is 0 Å². The second-order valence-electron chi connectivity index (χ2n) is 2.91. The summed E-state index contributed by atoms with van der Waals surface area (Å²) in [5, 5.41) is 0. The van der Waals surface area contributed by atoms with Crippen molar-refractivity contribution in [1.29, 1.82) is 0 Å². The Bertz CT molecular complexity index is 270. The van der Waals surface area contributed by atoms with Gasteiger partial charge in [0.05, 0.1) is 0 Å². The fourth-order valence-electron chi connectivity index (χ4n) is 1.06. The van der Waals surface area contributed by atoms with E-state index in [-0.39, 0.29) is 11.7 Å². The molecule has 0 heterocycles. The van der Waals surface area contributed by atoms with Crippen LogP contribution in [0.15, 0.2) is 24.3 Å². The van der Waals surface area contributed by atoms with Crippen LogP contribution in [-0.2, 0) is 11.2 Å². The van der Waals surface area contributed by atoms with Crippen LogP contribution in [-0.4, -0.2) is 6.29 Å². The molecule has 0 amide bonds. The summed E-state index contributed by atoms with van der Waals surface area (Å²) in [6.45, 7) is 1.78. The average Bonchev–Trinajstić information content (AvgIpc) is 2.09. The van der Waals surface area contributed by atoms with Gasteiger partial charge in [-0.1, -0.05) is 25.1 Å². The Morgan fingerprint density at radius 1 is 1.50 bits per heavy atom. The third-order valence-electron chi connectivity index (χ3n) is 1.73. The molecule has 0 aliphatic heterocycles. The summed E-state index contributed by atoms with van der Waals surface area (Å²) < 4.78 is 13.0. The van der Waals surface area contributed by atoms with Crippen molar-refractivity contribution in [2.24, 2.45) is 5.92 Å². The van der Waals surface area contributed by atoms with E-state index in [0.717, 1.165) is 6.29 Å². The summed E-state index contributed by atoms with van der Waals surface area (Å²) in [4.78, 5) is 10.3. The van der Waals surface area contributed by atoms with Gasteiger partial charge in [-0.2, -0.15) is 0 Å². The highest BCUT2D eigenvalue weighted by Crippen LogP contribution is 2.10. The van der Waals surface area contributed by atoms with Gasteiger partial charge in [0.25, 0.3) is 0 Å². The standard InChI is InChI=1S/C10H11FO/c1-8(7-12)6-9-4-2-3-5-10(9)11/h2-5,7-8H,6H2,1H3/t8-/m0/s1. The molecule has 0 N–H and O–H groups in total. The van der Waals surface area contributed by atoms with Crippen molar-refractivity contribution < 1.29 is 9.18 Å². The van der Waals surface area contributed by atoms with E-state index >= 15 is 0 Å². The van der Waals surface area contributed by atoms with E-state index in [1.54, 1.807) is 25.1 Å². The number of carbonyl (C=O) groups is 1. The molecule has 0 radical (unpaired) electrons. The summed E-state index contributed by atoms with van der Waals surface area (Å²) in [5.74, 6) is -0.340. The molecule has 0 saturated heterocycles.